The Balaban J connectivity index is 0.792. The maximum atomic E-state index is 13.7. The minimum atomic E-state index is -3.62. The summed E-state index contributed by atoms with van der Waals surface area (Å²) in [5, 5.41) is 6.13. The fourth-order valence-electron chi connectivity index (χ4n) is 8.48. The molecule has 4 saturated heterocycles. The molecule has 14 nitrogen and oxygen atoms in total. The van der Waals surface area contributed by atoms with Crippen molar-refractivity contribution >= 4 is 56.7 Å². The molecule has 2 N–H and O–H groups in total. The number of aromatic nitrogens is 2. The number of piperidine rings is 3. The van der Waals surface area contributed by atoms with Gasteiger partial charge in [-0.25, -0.2) is 18.4 Å². The van der Waals surface area contributed by atoms with Crippen LogP contribution >= 0.6 is 11.6 Å². The number of fused-ring (bicyclic) bond motifs is 1. The van der Waals surface area contributed by atoms with Gasteiger partial charge >= 0.3 is 0 Å². The van der Waals surface area contributed by atoms with Crippen molar-refractivity contribution in [1.29, 1.82) is 0 Å². The molecule has 54 heavy (non-hydrogen) atoms. The summed E-state index contributed by atoms with van der Waals surface area (Å²) in [4.78, 5) is 54.7. The van der Waals surface area contributed by atoms with Crippen LogP contribution in [0.3, 0.4) is 0 Å². The van der Waals surface area contributed by atoms with Crippen molar-refractivity contribution in [3.8, 4) is 0 Å². The first kappa shape index (κ1) is 36.7. The average Bonchev–Trinajstić information content (AvgIpc) is 3.51. The van der Waals surface area contributed by atoms with Crippen molar-refractivity contribution in [2.24, 2.45) is 5.92 Å². The van der Waals surface area contributed by atoms with Crippen molar-refractivity contribution in [3.05, 3.63) is 71.0 Å². The molecule has 16 heteroatoms. The van der Waals surface area contributed by atoms with Crippen molar-refractivity contribution in [2.75, 3.05) is 74.0 Å². The zero-order valence-electron chi connectivity index (χ0n) is 30.2. The molecule has 0 aliphatic carbocycles. The molecule has 4 fully saturated rings. The molecule has 3 aromatic rings. The predicted octanol–water partition coefficient (Wildman–Crippen LogP) is 3.19. The van der Waals surface area contributed by atoms with Crippen LogP contribution in [0, 0.1) is 5.92 Å². The number of piperazine rings is 1. The monoisotopic (exact) mass is 775 g/mol. The number of nitrogens with zero attached hydrogens (tertiary/aromatic N) is 7. The van der Waals surface area contributed by atoms with E-state index in [1.807, 2.05) is 30.3 Å². The topological polar surface area (TPSA) is 151 Å². The van der Waals surface area contributed by atoms with E-state index < -0.39 is 16.1 Å². The average molecular weight is 776 g/mol. The summed E-state index contributed by atoms with van der Waals surface area (Å²) in [5.41, 5.74) is 3.62. The van der Waals surface area contributed by atoms with Crippen LogP contribution in [-0.4, -0.2) is 121 Å². The molecular formula is C38H46ClN9O5S. The van der Waals surface area contributed by atoms with E-state index in [1.54, 1.807) is 27.7 Å². The zero-order valence-corrected chi connectivity index (χ0v) is 31.8. The smallest absolute Gasteiger partial charge is 0.255 e. The Kier molecular flexibility index (Phi) is 10.5. The maximum Gasteiger partial charge on any atom is 0.255 e. The Morgan fingerprint density at radius 1 is 0.815 bits per heavy atom. The molecule has 3 amide bonds. The van der Waals surface area contributed by atoms with E-state index >= 15 is 0 Å². The second-order valence-electron chi connectivity index (χ2n) is 15.0. The summed E-state index contributed by atoms with van der Waals surface area (Å²) < 4.78 is 28.9. The van der Waals surface area contributed by atoms with Crippen LogP contribution in [-0.2, 0) is 26.2 Å². The van der Waals surface area contributed by atoms with Gasteiger partial charge in [-0.3, -0.25) is 24.6 Å². The first-order valence-electron chi connectivity index (χ1n) is 18.9. The number of hydrogen-bond acceptors (Lipinski definition) is 11. The molecule has 1 unspecified atom stereocenters. The van der Waals surface area contributed by atoms with Crippen LogP contribution in [0.2, 0.25) is 5.02 Å². The molecule has 0 radical (unpaired) electrons. The summed E-state index contributed by atoms with van der Waals surface area (Å²) in [5.74, 6) is 0.274. The van der Waals surface area contributed by atoms with E-state index in [4.69, 9.17) is 11.6 Å². The van der Waals surface area contributed by atoms with Gasteiger partial charge in [-0.1, -0.05) is 17.7 Å². The van der Waals surface area contributed by atoms with Crippen molar-refractivity contribution < 1.29 is 22.8 Å². The van der Waals surface area contributed by atoms with Gasteiger partial charge in [0.25, 0.3) is 5.91 Å². The van der Waals surface area contributed by atoms with Crippen LogP contribution in [0.15, 0.2) is 59.8 Å². The Bertz CT molecular complexity index is 1990. The highest BCUT2D eigenvalue weighted by Crippen LogP contribution is 2.33. The van der Waals surface area contributed by atoms with E-state index in [0.717, 1.165) is 75.6 Å². The number of hydrogen-bond donors (Lipinski definition) is 2. The molecule has 1 aromatic heterocycles. The fourth-order valence-corrected chi connectivity index (χ4v) is 10.1. The largest absolute Gasteiger partial charge is 0.372 e. The van der Waals surface area contributed by atoms with Crippen LogP contribution in [0.25, 0.3) is 0 Å². The summed E-state index contributed by atoms with van der Waals surface area (Å²) in [6.07, 6.45) is 7.18. The van der Waals surface area contributed by atoms with E-state index in [2.05, 4.69) is 41.4 Å². The number of anilines is 3. The minimum Gasteiger partial charge on any atom is -0.372 e. The Morgan fingerprint density at radius 2 is 1.52 bits per heavy atom. The molecule has 1 atom stereocenters. The Hall–Kier alpha value is -4.31. The van der Waals surface area contributed by atoms with E-state index in [0.29, 0.717) is 66.2 Å². The van der Waals surface area contributed by atoms with Gasteiger partial charge in [-0.05, 0) is 80.0 Å². The third-order valence-electron chi connectivity index (χ3n) is 11.6. The van der Waals surface area contributed by atoms with Crippen molar-refractivity contribution in [3.63, 3.8) is 0 Å². The molecule has 2 aromatic carbocycles. The van der Waals surface area contributed by atoms with Crippen LogP contribution in [0.5, 0.6) is 0 Å². The van der Waals surface area contributed by atoms with Gasteiger partial charge in [-0.15, -0.1) is 0 Å². The molecule has 5 aliphatic heterocycles. The SMILES string of the molecule is O=C1CCC(N2Cc3cc(N4CCC(CN5CCN(c6cccc(S(=O)(=O)N7CCC(Nc8ncc(Cl)cn8)CC7)c6)CC5)CC4)ccc3C2=O)C(=O)N1. The normalized spacial score (nSPS) is 22.4. The molecule has 0 saturated carbocycles. The number of halogens is 1. The van der Waals surface area contributed by atoms with Crippen molar-refractivity contribution in [1.82, 2.24) is 29.4 Å². The first-order chi connectivity index (χ1) is 26.1. The van der Waals surface area contributed by atoms with Crippen LogP contribution in [0.1, 0.15) is 54.4 Å². The van der Waals surface area contributed by atoms with Gasteiger partial charge in [0.15, 0.2) is 0 Å². The Labute approximate surface area is 320 Å². The van der Waals surface area contributed by atoms with E-state index in [9.17, 15) is 22.8 Å². The summed E-state index contributed by atoms with van der Waals surface area (Å²) >= 11 is 5.89. The van der Waals surface area contributed by atoms with Gasteiger partial charge in [-0.2, -0.15) is 4.31 Å². The zero-order chi connectivity index (χ0) is 37.4. The van der Waals surface area contributed by atoms with Gasteiger partial charge in [0.1, 0.15) is 6.04 Å². The molecule has 8 rings (SSSR count). The number of rotatable bonds is 9. The number of carbonyl (C=O) groups excluding carboxylic acids is 3. The lowest BCUT2D eigenvalue weighted by Crippen LogP contribution is -2.52. The Morgan fingerprint density at radius 3 is 2.24 bits per heavy atom. The minimum absolute atomic E-state index is 0.0900. The van der Waals surface area contributed by atoms with Crippen LogP contribution in [0.4, 0.5) is 17.3 Å². The molecule has 286 valence electrons. The number of sulfonamides is 1. The van der Waals surface area contributed by atoms with Crippen molar-refractivity contribution in [2.45, 2.75) is 62.0 Å². The predicted molar refractivity (Wildman–Crippen MR) is 205 cm³/mol. The highest BCUT2D eigenvalue weighted by molar-refractivity contribution is 7.89. The highest BCUT2D eigenvalue weighted by atomic mass is 35.5. The summed E-state index contributed by atoms with van der Waals surface area (Å²) in [7, 11) is -3.62. The first-order valence-corrected chi connectivity index (χ1v) is 20.8. The lowest BCUT2D eigenvalue weighted by molar-refractivity contribution is -0.136. The molecule has 0 bridgehead atoms. The number of carbonyl (C=O) groups is 3. The third-order valence-corrected chi connectivity index (χ3v) is 13.7. The summed E-state index contributed by atoms with van der Waals surface area (Å²) in [6.45, 7) is 7.72. The summed E-state index contributed by atoms with van der Waals surface area (Å²) in [6, 6.07) is 12.9. The highest BCUT2D eigenvalue weighted by Gasteiger charge is 2.39. The lowest BCUT2D eigenvalue weighted by atomic mass is 9.95. The second-order valence-corrected chi connectivity index (χ2v) is 17.4. The molecule has 6 heterocycles. The quantitative estimate of drug-likeness (QED) is 0.309. The number of nitrogens with one attached hydrogen (secondary N) is 2. The van der Waals surface area contributed by atoms with Gasteiger partial charge < -0.3 is 20.0 Å². The number of benzene rings is 2. The molecule has 5 aliphatic rings. The third kappa shape index (κ3) is 7.77. The second kappa shape index (κ2) is 15.4. The molecule has 0 spiro atoms. The van der Waals surface area contributed by atoms with Crippen LogP contribution < -0.4 is 20.4 Å². The van der Waals surface area contributed by atoms with Gasteiger partial charge in [0, 0.05) is 94.8 Å². The fraction of sp³-hybridized carbons (Fsp3) is 0.500. The van der Waals surface area contributed by atoms with Gasteiger partial charge in [0.2, 0.25) is 27.8 Å². The number of amides is 3. The van der Waals surface area contributed by atoms with E-state index in [-0.39, 0.29) is 30.2 Å². The lowest BCUT2D eigenvalue weighted by Gasteiger charge is -2.40. The van der Waals surface area contributed by atoms with Gasteiger partial charge in [0.05, 0.1) is 22.3 Å². The maximum absolute atomic E-state index is 13.7. The van der Waals surface area contributed by atoms with E-state index in [1.165, 1.54) is 0 Å². The standard InChI is InChI=1S/C38H46ClN9O5S/c39-28-22-40-38(41-23-28)42-29-10-14-47(15-11-29)54(52,53)32-3-1-2-30(21-32)46-18-16-44(17-19-46)24-26-8-12-45(13-9-26)31-4-5-33-27(20-31)25-48(37(33)51)34-6-7-35(49)43-36(34)50/h1-5,20-23,26,29,34H,6-19,24-25H2,(H,40,41,42)(H,43,49,50). The molecular weight excluding hydrogens is 730 g/mol. The number of imide groups is 1.